The van der Waals surface area contributed by atoms with E-state index in [2.05, 4.69) is 21.2 Å². The van der Waals surface area contributed by atoms with Gasteiger partial charge in [-0.1, -0.05) is 54.1 Å². The van der Waals surface area contributed by atoms with Crippen LogP contribution in [-0.2, 0) is 17.9 Å². The molecule has 31 heavy (non-hydrogen) atoms. The lowest BCUT2D eigenvalue weighted by atomic mass is 10.1. The van der Waals surface area contributed by atoms with Crippen molar-refractivity contribution in [2.24, 2.45) is 0 Å². The zero-order valence-corrected chi connectivity index (χ0v) is 18.6. The molecule has 1 amide bonds. The summed E-state index contributed by atoms with van der Waals surface area (Å²) in [4.78, 5) is 12.4. The lowest BCUT2D eigenvalue weighted by molar-refractivity contribution is -0.117. The monoisotopic (exact) mass is 498 g/mol. The fourth-order valence-corrected chi connectivity index (χ4v) is 3.71. The number of ether oxygens (including phenoxy) is 1. The number of benzene rings is 3. The normalized spacial score (nSPS) is 11.0. The van der Waals surface area contributed by atoms with Crippen molar-refractivity contribution in [3.63, 3.8) is 0 Å². The van der Waals surface area contributed by atoms with Crippen LogP contribution in [0.1, 0.15) is 16.7 Å². The van der Waals surface area contributed by atoms with E-state index in [1.165, 1.54) is 18.2 Å². The molecule has 0 unspecified atom stereocenters. The number of nitriles is 1. The third-order valence-electron chi connectivity index (χ3n) is 4.29. The SMILES string of the molecule is N#C/C(=C/c1cc(Cl)c(OCc2ccc(F)cc2)c(Br)c1)C(=O)NCc1ccccc1. The number of nitrogens with zero attached hydrogens (tertiary/aromatic N) is 1. The van der Waals surface area contributed by atoms with E-state index in [-0.39, 0.29) is 18.0 Å². The van der Waals surface area contributed by atoms with Gasteiger partial charge < -0.3 is 10.1 Å². The number of hydrogen-bond acceptors (Lipinski definition) is 3. The molecule has 0 aliphatic heterocycles. The van der Waals surface area contributed by atoms with Crippen LogP contribution in [0.25, 0.3) is 6.08 Å². The molecule has 0 aliphatic carbocycles. The Hall–Kier alpha value is -3.14. The van der Waals surface area contributed by atoms with Crippen molar-refractivity contribution < 1.29 is 13.9 Å². The molecule has 0 aromatic heterocycles. The van der Waals surface area contributed by atoms with Crippen LogP contribution in [0.4, 0.5) is 4.39 Å². The van der Waals surface area contributed by atoms with Gasteiger partial charge in [-0.15, -0.1) is 0 Å². The van der Waals surface area contributed by atoms with E-state index in [0.29, 0.717) is 27.4 Å². The van der Waals surface area contributed by atoms with Crippen molar-refractivity contribution in [3.8, 4) is 11.8 Å². The number of halogens is 3. The van der Waals surface area contributed by atoms with Gasteiger partial charge in [-0.2, -0.15) is 5.26 Å². The van der Waals surface area contributed by atoms with E-state index in [9.17, 15) is 14.4 Å². The molecule has 0 saturated heterocycles. The Bertz CT molecular complexity index is 1120. The first-order valence-corrected chi connectivity index (χ1v) is 10.4. The molecule has 0 radical (unpaired) electrons. The summed E-state index contributed by atoms with van der Waals surface area (Å²) >= 11 is 9.76. The summed E-state index contributed by atoms with van der Waals surface area (Å²) in [6.45, 7) is 0.526. The van der Waals surface area contributed by atoms with E-state index < -0.39 is 5.91 Å². The maximum Gasteiger partial charge on any atom is 0.262 e. The van der Waals surface area contributed by atoms with Gasteiger partial charge in [0.1, 0.15) is 24.1 Å². The van der Waals surface area contributed by atoms with Gasteiger partial charge in [0.15, 0.2) is 5.75 Å². The number of carbonyl (C=O) groups excluding carboxylic acids is 1. The summed E-state index contributed by atoms with van der Waals surface area (Å²) < 4.78 is 19.3. The molecule has 156 valence electrons. The zero-order valence-electron chi connectivity index (χ0n) is 16.2. The quantitative estimate of drug-likeness (QED) is 0.318. The number of rotatable bonds is 7. The van der Waals surface area contributed by atoms with Crippen LogP contribution >= 0.6 is 27.5 Å². The molecular formula is C24H17BrClFN2O2. The standard InChI is InChI=1S/C24H17BrClFN2O2/c25-21-11-18(10-19(13-28)24(30)29-14-16-4-2-1-3-5-16)12-22(26)23(21)31-15-17-6-8-20(27)9-7-17/h1-12H,14-15H2,(H,29,30)/b19-10-. The summed E-state index contributed by atoms with van der Waals surface area (Å²) in [5.41, 5.74) is 2.24. The third-order valence-corrected chi connectivity index (χ3v) is 5.16. The predicted molar refractivity (Wildman–Crippen MR) is 122 cm³/mol. The Morgan fingerprint density at radius 3 is 2.48 bits per heavy atom. The average Bonchev–Trinajstić information content (AvgIpc) is 2.77. The molecule has 0 spiro atoms. The van der Waals surface area contributed by atoms with Crippen LogP contribution in [0.5, 0.6) is 5.75 Å². The summed E-state index contributed by atoms with van der Waals surface area (Å²) in [6, 6.07) is 20.6. The smallest absolute Gasteiger partial charge is 0.262 e. The highest BCUT2D eigenvalue weighted by Gasteiger charge is 2.13. The van der Waals surface area contributed by atoms with Gasteiger partial charge in [0.2, 0.25) is 0 Å². The van der Waals surface area contributed by atoms with E-state index >= 15 is 0 Å². The second-order valence-corrected chi connectivity index (χ2v) is 7.83. The second kappa shape index (κ2) is 10.8. The molecule has 0 bridgehead atoms. The number of amides is 1. The van der Waals surface area contributed by atoms with Crippen LogP contribution in [-0.4, -0.2) is 5.91 Å². The fraction of sp³-hybridized carbons (Fsp3) is 0.0833. The van der Waals surface area contributed by atoms with Gasteiger partial charge in [0.05, 0.1) is 9.50 Å². The van der Waals surface area contributed by atoms with Gasteiger partial charge in [-0.3, -0.25) is 4.79 Å². The predicted octanol–water partition coefficient (Wildman–Crippen LogP) is 6.04. The van der Waals surface area contributed by atoms with Crippen molar-refractivity contribution in [1.29, 1.82) is 5.26 Å². The van der Waals surface area contributed by atoms with Crippen molar-refractivity contribution in [2.75, 3.05) is 0 Å². The first-order chi connectivity index (χ1) is 15.0. The van der Waals surface area contributed by atoms with Gasteiger partial charge in [0, 0.05) is 6.54 Å². The van der Waals surface area contributed by atoms with E-state index in [1.54, 1.807) is 24.3 Å². The van der Waals surface area contributed by atoms with E-state index in [0.717, 1.165) is 11.1 Å². The molecule has 0 fully saturated rings. The molecule has 1 N–H and O–H groups in total. The highest BCUT2D eigenvalue weighted by Crippen LogP contribution is 2.35. The molecule has 3 aromatic carbocycles. The van der Waals surface area contributed by atoms with Gasteiger partial charge in [0.25, 0.3) is 5.91 Å². The fourth-order valence-electron chi connectivity index (χ4n) is 2.73. The topological polar surface area (TPSA) is 62.1 Å². The molecular weight excluding hydrogens is 483 g/mol. The molecule has 7 heteroatoms. The Kier molecular flexibility index (Phi) is 7.82. The Labute approximate surface area is 193 Å². The third kappa shape index (κ3) is 6.42. The number of nitrogens with one attached hydrogen (secondary N) is 1. The zero-order chi connectivity index (χ0) is 22.2. The Morgan fingerprint density at radius 1 is 1.13 bits per heavy atom. The minimum absolute atomic E-state index is 0.0427. The summed E-state index contributed by atoms with van der Waals surface area (Å²) in [5.74, 6) is -0.384. The summed E-state index contributed by atoms with van der Waals surface area (Å²) in [7, 11) is 0. The van der Waals surface area contributed by atoms with Crippen molar-refractivity contribution >= 4 is 39.5 Å². The van der Waals surface area contributed by atoms with Crippen molar-refractivity contribution in [2.45, 2.75) is 13.2 Å². The van der Waals surface area contributed by atoms with Crippen LogP contribution in [0.2, 0.25) is 5.02 Å². The maximum absolute atomic E-state index is 13.0. The summed E-state index contributed by atoms with van der Waals surface area (Å²) in [6.07, 6.45) is 1.46. The maximum atomic E-state index is 13.0. The van der Waals surface area contributed by atoms with Gasteiger partial charge in [-0.25, -0.2) is 4.39 Å². The lowest BCUT2D eigenvalue weighted by Gasteiger charge is -2.11. The largest absolute Gasteiger partial charge is 0.486 e. The number of hydrogen-bond donors (Lipinski definition) is 1. The van der Waals surface area contributed by atoms with Crippen molar-refractivity contribution in [3.05, 3.63) is 104 Å². The molecule has 0 saturated carbocycles. The van der Waals surface area contributed by atoms with Gasteiger partial charge >= 0.3 is 0 Å². The molecule has 0 atom stereocenters. The van der Waals surface area contributed by atoms with Crippen LogP contribution in [0.15, 0.2) is 76.8 Å². The van der Waals surface area contributed by atoms with Crippen LogP contribution in [0.3, 0.4) is 0 Å². The molecule has 4 nitrogen and oxygen atoms in total. The number of carbonyl (C=O) groups is 1. The Balaban J connectivity index is 1.71. The first-order valence-electron chi connectivity index (χ1n) is 9.26. The van der Waals surface area contributed by atoms with Crippen molar-refractivity contribution in [1.82, 2.24) is 5.32 Å². The molecule has 0 heterocycles. The Morgan fingerprint density at radius 2 is 1.84 bits per heavy atom. The average molecular weight is 500 g/mol. The minimum Gasteiger partial charge on any atom is -0.486 e. The van der Waals surface area contributed by atoms with Crippen LogP contribution < -0.4 is 10.1 Å². The molecule has 3 aromatic rings. The highest BCUT2D eigenvalue weighted by atomic mass is 79.9. The summed E-state index contributed by atoms with van der Waals surface area (Å²) in [5, 5.41) is 12.4. The highest BCUT2D eigenvalue weighted by molar-refractivity contribution is 9.10. The second-order valence-electron chi connectivity index (χ2n) is 6.57. The minimum atomic E-state index is -0.477. The first kappa shape index (κ1) is 22.5. The molecule has 3 rings (SSSR count). The van der Waals surface area contributed by atoms with E-state index in [1.807, 2.05) is 36.4 Å². The molecule has 0 aliphatic rings. The lowest BCUT2D eigenvalue weighted by Crippen LogP contribution is -2.23. The van der Waals surface area contributed by atoms with Gasteiger partial charge in [-0.05, 0) is 63.0 Å². The van der Waals surface area contributed by atoms with Crippen LogP contribution in [0, 0.1) is 17.1 Å². The van der Waals surface area contributed by atoms with E-state index in [4.69, 9.17) is 16.3 Å².